The summed E-state index contributed by atoms with van der Waals surface area (Å²) in [7, 11) is 1.46. The van der Waals surface area contributed by atoms with Crippen molar-refractivity contribution in [2.24, 2.45) is 18.7 Å². The lowest BCUT2D eigenvalue weighted by Crippen LogP contribution is -2.33. The zero-order valence-electron chi connectivity index (χ0n) is 14.3. The van der Waals surface area contributed by atoms with Gasteiger partial charge in [0.1, 0.15) is 0 Å². The summed E-state index contributed by atoms with van der Waals surface area (Å²) in [6, 6.07) is 7.42. The molecule has 1 aliphatic rings. The number of urea groups is 1. The molecule has 1 aromatic carbocycles. The van der Waals surface area contributed by atoms with Crippen LogP contribution in [0.3, 0.4) is 0 Å². The van der Waals surface area contributed by atoms with Crippen LogP contribution in [0.15, 0.2) is 30.3 Å². The van der Waals surface area contributed by atoms with Gasteiger partial charge in [0, 0.05) is 25.8 Å². The number of halogens is 3. The predicted molar refractivity (Wildman–Crippen MR) is 91.4 cm³/mol. The van der Waals surface area contributed by atoms with Crippen molar-refractivity contribution in [3.05, 3.63) is 36.0 Å². The summed E-state index contributed by atoms with van der Waals surface area (Å²) in [5.74, 6) is 0.329. The van der Waals surface area contributed by atoms with Gasteiger partial charge in [-0.1, -0.05) is 12.1 Å². The molecule has 140 valence electrons. The van der Waals surface area contributed by atoms with Gasteiger partial charge in [0.2, 0.25) is 0 Å². The second-order valence-corrected chi connectivity index (χ2v) is 6.38. The molecule has 0 aliphatic carbocycles. The van der Waals surface area contributed by atoms with E-state index in [2.05, 4.69) is 10.4 Å². The molecular formula is C17H20F3N5O. The van der Waals surface area contributed by atoms with E-state index in [1.54, 1.807) is 29.2 Å². The number of nitrogens with zero attached hydrogens (tertiary/aromatic N) is 3. The van der Waals surface area contributed by atoms with Gasteiger partial charge in [-0.2, -0.15) is 18.3 Å². The quantitative estimate of drug-likeness (QED) is 0.876. The summed E-state index contributed by atoms with van der Waals surface area (Å²) >= 11 is 0. The third-order valence-electron chi connectivity index (χ3n) is 4.51. The first-order valence-corrected chi connectivity index (χ1v) is 8.25. The fourth-order valence-electron chi connectivity index (χ4n) is 3.01. The fraction of sp³-hybridized carbons (Fsp3) is 0.412. The molecule has 0 spiro atoms. The molecule has 0 saturated carbocycles. The molecule has 6 nitrogen and oxygen atoms in total. The van der Waals surface area contributed by atoms with Crippen molar-refractivity contribution < 1.29 is 18.0 Å². The summed E-state index contributed by atoms with van der Waals surface area (Å²) in [6.07, 6.45) is -3.59. The van der Waals surface area contributed by atoms with Gasteiger partial charge >= 0.3 is 12.2 Å². The summed E-state index contributed by atoms with van der Waals surface area (Å²) in [4.78, 5) is 13.9. The number of anilines is 1. The fourth-order valence-corrected chi connectivity index (χ4v) is 3.01. The third-order valence-corrected chi connectivity index (χ3v) is 4.51. The minimum absolute atomic E-state index is 0.200. The molecule has 1 fully saturated rings. The number of benzene rings is 1. The second kappa shape index (κ2) is 6.99. The molecule has 2 amide bonds. The molecule has 3 rings (SSSR count). The van der Waals surface area contributed by atoms with Crippen LogP contribution in [0.5, 0.6) is 0 Å². The molecule has 9 heteroatoms. The van der Waals surface area contributed by atoms with E-state index in [0.717, 1.165) is 12.5 Å². The number of rotatable bonds is 3. The molecule has 2 aromatic rings. The largest absolute Gasteiger partial charge is 0.435 e. The van der Waals surface area contributed by atoms with E-state index >= 15 is 0 Å². The van der Waals surface area contributed by atoms with Crippen LogP contribution in [0.25, 0.3) is 11.3 Å². The van der Waals surface area contributed by atoms with Gasteiger partial charge in [0.15, 0.2) is 5.69 Å². The van der Waals surface area contributed by atoms with E-state index in [9.17, 15) is 18.0 Å². The van der Waals surface area contributed by atoms with Crippen LogP contribution in [0, 0.1) is 5.92 Å². The van der Waals surface area contributed by atoms with Gasteiger partial charge in [0.25, 0.3) is 0 Å². The van der Waals surface area contributed by atoms with E-state index in [-0.39, 0.29) is 6.03 Å². The Morgan fingerprint density at radius 3 is 2.58 bits per heavy atom. The lowest BCUT2D eigenvalue weighted by atomic mass is 10.1. The van der Waals surface area contributed by atoms with Crippen molar-refractivity contribution in [1.29, 1.82) is 0 Å². The van der Waals surface area contributed by atoms with E-state index in [1.165, 1.54) is 11.7 Å². The average Bonchev–Trinajstić information content (AvgIpc) is 3.22. The molecule has 0 radical (unpaired) electrons. The number of hydrogen-bond donors (Lipinski definition) is 2. The molecule has 26 heavy (non-hydrogen) atoms. The number of aromatic nitrogens is 2. The number of aryl methyl sites for hydroxylation is 1. The Balaban J connectivity index is 1.69. The van der Waals surface area contributed by atoms with Crippen molar-refractivity contribution in [2.45, 2.75) is 12.6 Å². The number of nitrogens with two attached hydrogens (primary N) is 1. The van der Waals surface area contributed by atoms with Crippen LogP contribution in [0.2, 0.25) is 0 Å². The highest BCUT2D eigenvalue weighted by atomic mass is 19.4. The van der Waals surface area contributed by atoms with Crippen molar-refractivity contribution in [3.63, 3.8) is 0 Å². The minimum atomic E-state index is -4.49. The third kappa shape index (κ3) is 3.82. The maximum absolute atomic E-state index is 12.8. The van der Waals surface area contributed by atoms with Gasteiger partial charge in [-0.3, -0.25) is 4.68 Å². The SMILES string of the molecule is Cn1nc(C(F)(F)F)cc1-c1ccc(NC(=O)N2CC[C@@H](CN)C2)cc1. The first-order valence-electron chi connectivity index (χ1n) is 8.25. The summed E-state index contributed by atoms with van der Waals surface area (Å²) < 4.78 is 39.5. The minimum Gasteiger partial charge on any atom is -0.330 e. The van der Waals surface area contributed by atoms with E-state index in [0.29, 0.717) is 42.5 Å². The molecule has 1 aliphatic heterocycles. The van der Waals surface area contributed by atoms with Crippen molar-refractivity contribution in [1.82, 2.24) is 14.7 Å². The van der Waals surface area contributed by atoms with Crippen LogP contribution in [0.4, 0.5) is 23.7 Å². The molecule has 2 heterocycles. The van der Waals surface area contributed by atoms with E-state index < -0.39 is 11.9 Å². The molecule has 1 aromatic heterocycles. The highest BCUT2D eigenvalue weighted by Gasteiger charge is 2.34. The van der Waals surface area contributed by atoms with Crippen LogP contribution >= 0.6 is 0 Å². The highest BCUT2D eigenvalue weighted by molar-refractivity contribution is 5.89. The van der Waals surface area contributed by atoms with Gasteiger partial charge in [-0.05, 0) is 42.6 Å². The van der Waals surface area contributed by atoms with Crippen LogP contribution < -0.4 is 11.1 Å². The van der Waals surface area contributed by atoms with Gasteiger partial charge < -0.3 is 16.0 Å². The molecule has 1 saturated heterocycles. The topological polar surface area (TPSA) is 76.2 Å². The Hall–Kier alpha value is -2.55. The number of alkyl halides is 3. The second-order valence-electron chi connectivity index (χ2n) is 6.38. The summed E-state index contributed by atoms with van der Waals surface area (Å²) in [5, 5.41) is 6.30. The molecule has 3 N–H and O–H groups in total. The lowest BCUT2D eigenvalue weighted by molar-refractivity contribution is -0.141. The number of carbonyl (C=O) groups excluding carboxylic acids is 1. The maximum Gasteiger partial charge on any atom is 0.435 e. The van der Waals surface area contributed by atoms with Crippen molar-refractivity contribution in [3.8, 4) is 11.3 Å². The number of nitrogens with one attached hydrogen (secondary N) is 1. The average molecular weight is 367 g/mol. The smallest absolute Gasteiger partial charge is 0.330 e. The van der Waals surface area contributed by atoms with Gasteiger partial charge in [0.05, 0.1) is 5.69 Å². The standard InChI is InChI=1S/C17H20F3N5O/c1-24-14(8-15(23-24)17(18,19)20)12-2-4-13(5-3-12)22-16(26)25-7-6-11(9-21)10-25/h2-5,8,11H,6-7,9-10,21H2,1H3,(H,22,26)/t11-/m0/s1. The van der Waals surface area contributed by atoms with Crippen LogP contribution in [-0.4, -0.2) is 40.3 Å². The number of hydrogen-bond acceptors (Lipinski definition) is 3. The molecule has 1 atom stereocenters. The Kier molecular flexibility index (Phi) is 4.90. The Morgan fingerprint density at radius 1 is 1.35 bits per heavy atom. The van der Waals surface area contributed by atoms with Gasteiger partial charge in [-0.15, -0.1) is 0 Å². The number of carbonyl (C=O) groups is 1. The van der Waals surface area contributed by atoms with Crippen LogP contribution in [0.1, 0.15) is 12.1 Å². The Labute approximate surface area is 148 Å². The first kappa shape index (κ1) is 18.2. The summed E-state index contributed by atoms with van der Waals surface area (Å²) in [5.41, 5.74) is 6.20. The molecule has 0 bridgehead atoms. The summed E-state index contributed by atoms with van der Waals surface area (Å²) in [6.45, 7) is 1.86. The monoisotopic (exact) mass is 367 g/mol. The van der Waals surface area contributed by atoms with Crippen LogP contribution in [-0.2, 0) is 13.2 Å². The maximum atomic E-state index is 12.8. The molecule has 0 unspecified atom stereocenters. The Morgan fingerprint density at radius 2 is 2.04 bits per heavy atom. The highest BCUT2D eigenvalue weighted by Crippen LogP contribution is 2.31. The number of amides is 2. The van der Waals surface area contributed by atoms with E-state index in [1.807, 2.05) is 0 Å². The Bertz CT molecular complexity index is 785. The normalized spacial score (nSPS) is 17.6. The zero-order chi connectivity index (χ0) is 18.9. The number of likely N-dealkylation sites (tertiary alicyclic amines) is 1. The lowest BCUT2D eigenvalue weighted by Gasteiger charge is -2.17. The zero-order valence-corrected chi connectivity index (χ0v) is 14.3. The van der Waals surface area contributed by atoms with Crippen molar-refractivity contribution in [2.75, 3.05) is 25.0 Å². The first-order chi connectivity index (χ1) is 12.3. The molecular weight excluding hydrogens is 347 g/mol. The predicted octanol–water partition coefficient (Wildman–Crippen LogP) is 2.92. The van der Waals surface area contributed by atoms with Gasteiger partial charge in [-0.25, -0.2) is 4.79 Å². The van der Waals surface area contributed by atoms with Crippen molar-refractivity contribution >= 4 is 11.7 Å². The van der Waals surface area contributed by atoms with E-state index in [4.69, 9.17) is 5.73 Å².